The largest absolute Gasteiger partial charge is 0.299 e. The summed E-state index contributed by atoms with van der Waals surface area (Å²) in [5.41, 5.74) is 0. The van der Waals surface area contributed by atoms with Crippen molar-refractivity contribution in [2.45, 2.75) is 11.0 Å². The fraction of sp³-hybridized carbons (Fsp3) is 0.571. The molecule has 0 N–H and O–H groups in total. The number of aldehydes is 1. The van der Waals surface area contributed by atoms with Gasteiger partial charge in [-0.15, -0.1) is 23.5 Å². The highest BCUT2D eigenvalue weighted by molar-refractivity contribution is 8.20. The van der Waals surface area contributed by atoms with E-state index in [0.29, 0.717) is 4.58 Å². The van der Waals surface area contributed by atoms with Crippen LogP contribution in [0.5, 0.6) is 0 Å². The molecule has 0 aromatic carbocycles. The van der Waals surface area contributed by atoms with Gasteiger partial charge >= 0.3 is 0 Å². The van der Waals surface area contributed by atoms with E-state index in [1.54, 1.807) is 6.08 Å². The van der Waals surface area contributed by atoms with Crippen molar-refractivity contribution in [2.24, 2.45) is 0 Å². The topological polar surface area (TPSA) is 17.1 Å². The Morgan fingerprint density at radius 1 is 1.40 bits per heavy atom. The van der Waals surface area contributed by atoms with E-state index in [9.17, 15) is 4.79 Å². The minimum absolute atomic E-state index is 0.705. The van der Waals surface area contributed by atoms with E-state index in [1.807, 2.05) is 29.6 Å². The number of carbonyl (C=O) groups excluding carboxylic acids is 1. The fourth-order valence-corrected chi connectivity index (χ4v) is 3.54. The van der Waals surface area contributed by atoms with Gasteiger partial charge in [0, 0.05) is 11.5 Å². The van der Waals surface area contributed by atoms with E-state index in [4.69, 9.17) is 0 Å². The van der Waals surface area contributed by atoms with Crippen molar-refractivity contribution in [3.63, 3.8) is 0 Å². The van der Waals surface area contributed by atoms with Crippen LogP contribution in [0.4, 0.5) is 0 Å². The molecule has 10 heavy (non-hydrogen) atoms. The summed E-state index contributed by atoms with van der Waals surface area (Å²) in [6, 6.07) is 0. The first-order valence-corrected chi connectivity index (χ1v) is 5.37. The van der Waals surface area contributed by atoms with Crippen LogP contribution in [0, 0.1) is 0 Å². The Labute approximate surface area is 69.6 Å². The molecule has 0 aliphatic carbocycles. The van der Waals surface area contributed by atoms with E-state index in [1.165, 1.54) is 11.5 Å². The van der Waals surface area contributed by atoms with Crippen molar-refractivity contribution >= 4 is 29.8 Å². The summed E-state index contributed by atoms with van der Waals surface area (Å²) in [7, 11) is 0. The predicted octanol–water partition coefficient (Wildman–Crippen LogP) is 1.94. The van der Waals surface area contributed by atoms with Gasteiger partial charge in [0.25, 0.3) is 0 Å². The maximum atomic E-state index is 9.88. The molecule has 1 fully saturated rings. The Morgan fingerprint density at radius 3 is 2.70 bits per heavy atom. The van der Waals surface area contributed by atoms with Crippen LogP contribution < -0.4 is 0 Å². The van der Waals surface area contributed by atoms with E-state index in [2.05, 4.69) is 0 Å². The lowest BCUT2D eigenvalue weighted by Crippen LogP contribution is -1.86. The van der Waals surface area contributed by atoms with E-state index < -0.39 is 0 Å². The molecule has 1 aliphatic heterocycles. The standard InChI is InChI=1S/C7H10OS2/c8-4-2-1-3-7-9-5-6-10-7/h1-2,4,7H,3,5-6H2/b2-1+. The highest BCUT2D eigenvalue weighted by Gasteiger charge is 2.13. The zero-order valence-electron chi connectivity index (χ0n) is 5.66. The average molecular weight is 174 g/mol. The summed E-state index contributed by atoms with van der Waals surface area (Å²) in [6.45, 7) is 0. The number of rotatable bonds is 3. The van der Waals surface area contributed by atoms with Gasteiger partial charge in [-0.2, -0.15) is 0 Å². The second-order valence-corrected chi connectivity index (χ2v) is 4.89. The number of allylic oxidation sites excluding steroid dienone is 2. The van der Waals surface area contributed by atoms with Crippen LogP contribution in [0.2, 0.25) is 0 Å². The molecule has 0 atom stereocenters. The number of hydrogen-bond acceptors (Lipinski definition) is 3. The van der Waals surface area contributed by atoms with Crippen LogP contribution >= 0.6 is 23.5 Å². The van der Waals surface area contributed by atoms with Crippen LogP contribution in [-0.2, 0) is 4.79 Å². The Kier molecular flexibility index (Phi) is 3.98. The molecule has 0 aromatic heterocycles. The Hall–Kier alpha value is 0.110. The van der Waals surface area contributed by atoms with Gasteiger partial charge < -0.3 is 0 Å². The van der Waals surface area contributed by atoms with Crippen molar-refractivity contribution < 1.29 is 4.79 Å². The van der Waals surface area contributed by atoms with Crippen LogP contribution in [0.1, 0.15) is 6.42 Å². The highest BCUT2D eigenvalue weighted by Crippen LogP contribution is 2.34. The highest BCUT2D eigenvalue weighted by atomic mass is 32.2. The molecule has 1 nitrogen and oxygen atoms in total. The van der Waals surface area contributed by atoms with Gasteiger partial charge in [0.2, 0.25) is 0 Å². The fourth-order valence-electron chi connectivity index (χ4n) is 0.789. The number of thioether (sulfide) groups is 2. The molecule has 1 saturated heterocycles. The molecular weight excluding hydrogens is 164 g/mol. The SMILES string of the molecule is O=C/C=C/CC1SCCS1. The van der Waals surface area contributed by atoms with Gasteiger partial charge in [-0.05, 0) is 12.5 Å². The van der Waals surface area contributed by atoms with Crippen LogP contribution in [0.3, 0.4) is 0 Å². The van der Waals surface area contributed by atoms with Crippen molar-refractivity contribution in [1.82, 2.24) is 0 Å². The van der Waals surface area contributed by atoms with Crippen molar-refractivity contribution in [3.8, 4) is 0 Å². The first-order valence-electron chi connectivity index (χ1n) is 3.27. The lowest BCUT2D eigenvalue weighted by molar-refractivity contribution is -0.104. The van der Waals surface area contributed by atoms with Crippen molar-refractivity contribution in [3.05, 3.63) is 12.2 Å². The van der Waals surface area contributed by atoms with Crippen molar-refractivity contribution in [2.75, 3.05) is 11.5 Å². The van der Waals surface area contributed by atoms with E-state index >= 15 is 0 Å². The molecule has 0 saturated carbocycles. The second kappa shape index (κ2) is 4.85. The van der Waals surface area contributed by atoms with Crippen LogP contribution in [0.25, 0.3) is 0 Å². The number of hydrogen-bond donors (Lipinski definition) is 0. The molecule has 0 aromatic rings. The smallest absolute Gasteiger partial charge is 0.142 e. The zero-order valence-corrected chi connectivity index (χ0v) is 7.29. The summed E-state index contributed by atoms with van der Waals surface area (Å²) in [5, 5.41) is 0. The summed E-state index contributed by atoms with van der Waals surface area (Å²) in [6.07, 6.45) is 5.40. The van der Waals surface area contributed by atoms with E-state index in [-0.39, 0.29) is 0 Å². The third kappa shape index (κ3) is 2.80. The summed E-state index contributed by atoms with van der Waals surface area (Å²) < 4.78 is 0.705. The summed E-state index contributed by atoms with van der Waals surface area (Å²) >= 11 is 3.98. The van der Waals surface area contributed by atoms with Gasteiger partial charge in [-0.3, -0.25) is 4.79 Å². The lowest BCUT2D eigenvalue weighted by Gasteiger charge is -2.00. The molecule has 0 amide bonds. The molecule has 1 aliphatic rings. The first kappa shape index (κ1) is 8.21. The quantitative estimate of drug-likeness (QED) is 0.481. The molecule has 1 heterocycles. The first-order chi connectivity index (χ1) is 4.93. The summed E-state index contributed by atoms with van der Waals surface area (Å²) in [5.74, 6) is 2.54. The molecule has 0 unspecified atom stereocenters. The van der Waals surface area contributed by atoms with Gasteiger partial charge in [-0.1, -0.05) is 6.08 Å². The second-order valence-electron chi connectivity index (χ2n) is 1.97. The molecule has 3 heteroatoms. The predicted molar refractivity (Wildman–Crippen MR) is 48.5 cm³/mol. The Bertz CT molecular complexity index is 128. The average Bonchev–Trinajstić information content (AvgIpc) is 2.41. The number of carbonyl (C=O) groups is 1. The zero-order chi connectivity index (χ0) is 7.23. The Morgan fingerprint density at radius 2 is 2.10 bits per heavy atom. The molecule has 0 spiro atoms. The maximum Gasteiger partial charge on any atom is 0.142 e. The Balaban J connectivity index is 2.12. The molecule has 56 valence electrons. The van der Waals surface area contributed by atoms with Crippen molar-refractivity contribution in [1.29, 1.82) is 0 Å². The van der Waals surface area contributed by atoms with Gasteiger partial charge in [-0.25, -0.2) is 0 Å². The molecule has 0 bridgehead atoms. The van der Waals surface area contributed by atoms with E-state index in [0.717, 1.165) is 12.7 Å². The van der Waals surface area contributed by atoms with Gasteiger partial charge in [0.1, 0.15) is 6.29 Å². The van der Waals surface area contributed by atoms with Crippen LogP contribution in [0.15, 0.2) is 12.2 Å². The third-order valence-corrected chi connectivity index (χ3v) is 4.32. The van der Waals surface area contributed by atoms with Crippen LogP contribution in [-0.4, -0.2) is 22.4 Å². The third-order valence-electron chi connectivity index (χ3n) is 1.23. The monoisotopic (exact) mass is 174 g/mol. The normalized spacial score (nSPS) is 20.4. The van der Waals surface area contributed by atoms with Gasteiger partial charge in [0.15, 0.2) is 0 Å². The maximum absolute atomic E-state index is 9.88. The molecular formula is C7H10OS2. The minimum atomic E-state index is 0.705. The van der Waals surface area contributed by atoms with Gasteiger partial charge in [0.05, 0.1) is 4.58 Å². The lowest BCUT2D eigenvalue weighted by atomic mass is 10.4. The summed E-state index contributed by atoms with van der Waals surface area (Å²) in [4.78, 5) is 9.88. The molecule has 1 rings (SSSR count). The minimum Gasteiger partial charge on any atom is -0.299 e. The molecule has 0 radical (unpaired) electrons.